The van der Waals surface area contributed by atoms with Crippen LogP contribution in [0, 0.1) is 13.8 Å². The van der Waals surface area contributed by atoms with Gasteiger partial charge in [0.1, 0.15) is 11.4 Å². The third kappa shape index (κ3) is 2.91. The van der Waals surface area contributed by atoms with E-state index in [1.54, 1.807) is 13.0 Å². The van der Waals surface area contributed by atoms with E-state index in [9.17, 15) is 15.0 Å². The number of aromatic nitrogens is 1. The van der Waals surface area contributed by atoms with E-state index < -0.39 is 5.97 Å². The number of aliphatic hydroxyl groups is 1. The summed E-state index contributed by atoms with van der Waals surface area (Å²) < 4.78 is 5.58. The average Bonchev–Trinajstić information content (AvgIpc) is 2.36. The first-order valence-electron chi connectivity index (χ1n) is 6.65. The highest BCUT2D eigenvalue weighted by Gasteiger charge is 2.29. The van der Waals surface area contributed by atoms with Crippen LogP contribution in [0.5, 0.6) is 0 Å². The second-order valence-corrected chi connectivity index (χ2v) is 5.24. The molecule has 0 amide bonds. The van der Waals surface area contributed by atoms with Gasteiger partial charge < -0.3 is 19.8 Å². The van der Waals surface area contributed by atoms with E-state index in [0.29, 0.717) is 24.5 Å². The second kappa shape index (κ2) is 5.76. The molecular formula is C14H20N2O4. The van der Waals surface area contributed by atoms with Crippen LogP contribution in [0.1, 0.15) is 28.5 Å². The van der Waals surface area contributed by atoms with Crippen LogP contribution < -0.4 is 4.90 Å². The van der Waals surface area contributed by atoms with Crippen molar-refractivity contribution in [3.05, 3.63) is 22.9 Å². The number of aryl methyl sites for hydroxylation is 2. The minimum atomic E-state index is -0.982. The first-order chi connectivity index (χ1) is 9.42. The van der Waals surface area contributed by atoms with Crippen molar-refractivity contribution < 1.29 is 19.7 Å². The molecule has 1 aliphatic heterocycles. The lowest BCUT2D eigenvalue weighted by Gasteiger charge is -2.37. The first kappa shape index (κ1) is 14.7. The predicted octanol–water partition coefficient (Wildman–Crippen LogP) is 0.983. The van der Waals surface area contributed by atoms with Crippen molar-refractivity contribution in [3.63, 3.8) is 0 Å². The van der Waals surface area contributed by atoms with Crippen LogP contribution in [0.15, 0.2) is 6.07 Å². The first-order valence-corrected chi connectivity index (χ1v) is 6.65. The zero-order valence-corrected chi connectivity index (χ0v) is 12.0. The summed E-state index contributed by atoms with van der Waals surface area (Å²) in [7, 11) is 0. The van der Waals surface area contributed by atoms with Gasteiger partial charge in [0.05, 0.1) is 18.8 Å². The van der Waals surface area contributed by atoms with Gasteiger partial charge in [0, 0.05) is 18.8 Å². The minimum absolute atomic E-state index is 0.0786. The Labute approximate surface area is 118 Å². The Bertz CT molecular complexity index is 518. The maximum atomic E-state index is 11.5. The van der Waals surface area contributed by atoms with Gasteiger partial charge >= 0.3 is 5.97 Å². The van der Waals surface area contributed by atoms with E-state index in [0.717, 1.165) is 5.69 Å². The van der Waals surface area contributed by atoms with Crippen molar-refractivity contribution in [1.29, 1.82) is 0 Å². The molecule has 0 radical (unpaired) electrons. The third-order valence-electron chi connectivity index (χ3n) is 3.37. The zero-order chi connectivity index (χ0) is 14.9. The maximum Gasteiger partial charge on any atom is 0.339 e. The molecular weight excluding hydrogens is 260 g/mol. The molecule has 20 heavy (non-hydrogen) atoms. The maximum absolute atomic E-state index is 11.5. The molecule has 2 atom stereocenters. The number of carbonyl (C=O) groups is 1. The van der Waals surface area contributed by atoms with Crippen molar-refractivity contribution in [2.75, 3.05) is 24.6 Å². The lowest BCUT2D eigenvalue weighted by Crippen LogP contribution is -2.49. The molecule has 1 aliphatic rings. The largest absolute Gasteiger partial charge is 0.478 e. The lowest BCUT2D eigenvalue weighted by molar-refractivity contribution is -0.0423. The zero-order valence-electron chi connectivity index (χ0n) is 12.0. The molecule has 0 saturated carbocycles. The summed E-state index contributed by atoms with van der Waals surface area (Å²) in [6.45, 7) is 6.43. The van der Waals surface area contributed by atoms with Crippen LogP contribution in [-0.2, 0) is 4.74 Å². The Morgan fingerprint density at radius 3 is 2.80 bits per heavy atom. The van der Waals surface area contributed by atoms with Crippen molar-refractivity contribution in [1.82, 2.24) is 4.98 Å². The van der Waals surface area contributed by atoms with Gasteiger partial charge in [0.25, 0.3) is 0 Å². The molecule has 2 unspecified atom stereocenters. The molecule has 0 aliphatic carbocycles. The number of anilines is 1. The van der Waals surface area contributed by atoms with Gasteiger partial charge in [-0.15, -0.1) is 0 Å². The van der Waals surface area contributed by atoms with Gasteiger partial charge in [-0.2, -0.15) is 0 Å². The van der Waals surface area contributed by atoms with Crippen molar-refractivity contribution in [3.8, 4) is 0 Å². The highest BCUT2D eigenvalue weighted by Crippen LogP contribution is 2.25. The molecule has 6 nitrogen and oxygen atoms in total. The summed E-state index contributed by atoms with van der Waals surface area (Å²) in [5, 5.41) is 18.7. The highest BCUT2D eigenvalue weighted by molar-refractivity contribution is 5.95. The van der Waals surface area contributed by atoms with Gasteiger partial charge in [-0.05, 0) is 32.4 Å². The Balaban J connectivity index is 2.43. The molecule has 2 N–H and O–H groups in total. The monoisotopic (exact) mass is 280 g/mol. The molecule has 2 rings (SSSR count). The summed E-state index contributed by atoms with van der Waals surface area (Å²) in [6, 6.07) is 1.76. The lowest BCUT2D eigenvalue weighted by atomic mass is 10.1. The Morgan fingerprint density at radius 1 is 1.50 bits per heavy atom. The predicted molar refractivity (Wildman–Crippen MR) is 74.3 cm³/mol. The number of carboxylic acid groups (broad SMARTS) is 1. The van der Waals surface area contributed by atoms with E-state index in [4.69, 9.17) is 4.74 Å². The van der Waals surface area contributed by atoms with Crippen molar-refractivity contribution >= 4 is 11.8 Å². The highest BCUT2D eigenvalue weighted by atomic mass is 16.5. The number of aromatic carboxylic acids is 1. The van der Waals surface area contributed by atoms with E-state index >= 15 is 0 Å². The quantitative estimate of drug-likeness (QED) is 0.859. The summed E-state index contributed by atoms with van der Waals surface area (Å²) in [4.78, 5) is 17.8. The van der Waals surface area contributed by atoms with Gasteiger partial charge in [-0.3, -0.25) is 0 Å². The van der Waals surface area contributed by atoms with Crippen molar-refractivity contribution in [2.45, 2.75) is 33.0 Å². The fraction of sp³-hybridized carbons (Fsp3) is 0.571. The smallest absolute Gasteiger partial charge is 0.339 e. The Kier molecular flexibility index (Phi) is 4.25. The fourth-order valence-corrected chi connectivity index (χ4v) is 2.63. The molecule has 1 aromatic rings. The number of hydrogen-bond donors (Lipinski definition) is 2. The molecule has 110 valence electrons. The van der Waals surface area contributed by atoms with Gasteiger partial charge in [-0.25, -0.2) is 9.78 Å². The minimum Gasteiger partial charge on any atom is -0.478 e. The summed E-state index contributed by atoms with van der Waals surface area (Å²) in [6.07, 6.45) is -0.395. The van der Waals surface area contributed by atoms with Crippen LogP contribution in [0.25, 0.3) is 0 Å². The van der Waals surface area contributed by atoms with Crippen LogP contribution in [0.4, 0.5) is 5.82 Å². The summed E-state index contributed by atoms with van der Waals surface area (Å²) in [5.41, 5.74) is 1.70. The number of aliphatic hydroxyl groups excluding tert-OH is 1. The van der Waals surface area contributed by atoms with Gasteiger partial charge in [-0.1, -0.05) is 0 Å². The second-order valence-electron chi connectivity index (χ2n) is 5.24. The number of morpholine rings is 1. The number of hydrogen-bond acceptors (Lipinski definition) is 5. The van der Waals surface area contributed by atoms with E-state index in [1.165, 1.54) is 0 Å². The third-order valence-corrected chi connectivity index (χ3v) is 3.37. The molecule has 0 aromatic carbocycles. The molecule has 0 spiro atoms. The molecule has 1 aromatic heterocycles. The number of pyridine rings is 1. The Hall–Kier alpha value is -1.66. The standard InChI is InChI=1S/C14H20N2O4/c1-8-4-9(2)15-13(12(8)14(18)19)16-5-10(3)20-11(6-16)7-17/h4,10-11,17H,5-7H2,1-3H3,(H,18,19). The fourth-order valence-electron chi connectivity index (χ4n) is 2.63. The number of rotatable bonds is 3. The van der Waals surface area contributed by atoms with Crippen molar-refractivity contribution in [2.24, 2.45) is 0 Å². The number of ether oxygens (including phenoxy) is 1. The molecule has 1 saturated heterocycles. The van der Waals surface area contributed by atoms with Crippen LogP contribution in [0.2, 0.25) is 0 Å². The van der Waals surface area contributed by atoms with E-state index in [2.05, 4.69) is 4.98 Å². The van der Waals surface area contributed by atoms with E-state index in [1.807, 2.05) is 18.7 Å². The van der Waals surface area contributed by atoms with E-state index in [-0.39, 0.29) is 24.4 Å². The summed E-state index contributed by atoms with van der Waals surface area (Å²) >= 11 is 0. The van der Waals surface area contributed by atoms with Crippen LogP contribution in [-0.4, -0.2) is 53.1 Å². The Morgan fingerprint density at radius 2 is 2.20 bits per heavy atom. The van der Waals surface area contributed by atoms with Crippen LogP contribution in [0.3, 0.4) is 0 Å². The molecule has 2 heterocycles. The SMILES string of the molecule is Cc1cc(C)c(C(=O)O)c(N2CC(C)OC(CO)C2)n1. The van der Waals surface area contributed by atoms with Gasteiger partial charge in [0.15, 0.2) is 0 Å². The summed E-state index contributed by atoms with van der Waals surface area (Å²) in [5.74, 6) is -0.520. The topological polar surface area (TPSA) is 82.9 Å². The molecule has 6 heteroatoms. The molecule has 0 bridgehead atoms. The van der Waals surface area contributed by atoms with Crippen LogP contribution >= 0.6 is 0 Å². The normalized spacial score (nSPS) is 22.9. The average molecular weight is 280 g/mol. The number of carboxylic acids is 1. The molecule has 1 fully saturated rings. The number of nitrogens with zero attached hydrogens (tertiary/aromatic N) is 2. The van der Waals surface area contributed by atoms with Gasteiger partial charge in [0.2, 0.25) is 0 Å².